The average Bonchev–Trinajstić information content (AvgIpc) is 3.19. The second-order valence-corrected chi connectivity index (χ2v) is 8.26. The molecule has 1 saturated carbocycles. The highest BCUT2D eigenvalue weighted by Gasteiger charge is 2.42. The molecular weight excluding hydrogens is 382 g/mol. The Balaban J connectivity index is 0.00000180. The van der Waals surface area contributed by atoms with Gasteiger partial charge in [0.15, 0.2) is 0 Å². The van der Waals surface area contributed by atoms with Gasteiger partial charge in [0.1, 0.15) is 5.54 Å². The second kappa shape index (κ2) is 7.22. The minimum Gasteiger partial charge on any atom is -0.324 e. The standard InChI is InChI=1S/C19H21N5OS.ClH/c25-18(19(6-9-20-10-7-19)24-11-1-8-21-24)22-14-4-5-15-16(12-14)26-17(23-15)13-2-3-13;/h1,4-5,8,11-13,20H,2-3,6-7,9-10H2,(H,22,25);1H. The zero-order chi connectivity index (χ0) is 17.6. The minimum atomic E-state index is -0.628. The maximum Gasteiger partial charge on any atom is 0.252 e. The molecule has 8 heteroatoms. The van der Waals surface area contributed by atoms with Gasteiger partial charge in [-0.05, 0) is 63.0 Å². The van der Waals surface area contributed by atoms with E-state index >= 15 is 0 Å². The Bertz CT molecular complexity index is 944. The van der Waals surface area contributed by atoms with Crippen molar-refractivity contribution in [3.8, 4) is 0 Å². The van der Waals surface area contributed by atoms with Crippen LogP contribution < -0.4 is 10.6 Å². The molecule has 3 heterocycles. The number of thiazole rings is 1. The monoisotopic (exact) mass is 403 g/mol. The third kappa shape index (κ3) is 3.35. The van der Waals surface area contributed by atoms with Gasteiger partial charge in [-0.1, -0.05) is 0 Å². The van der Waals surface area contributed by atoms with Crippen LogP contribution >= 0.6 is 23.7 Å². The topological polar surface area (TPSA) is 71.8 Å². The fourth-order valence-corrected chi connectivity index (χ4v) is 4.87. The molecule has 5 rings (SSSR count). The smallest absolute Gasteiger partial charge is 0.252 e. The first kappa shape index (κ1) is 18.4. The van der Waals surface area contributed by atoms with E-state index in [-0.39, 0.29) is 18.3 Å². The van der Waals surface area contributed by atoms with E-state index in [1.807, 2.05) is 29.1 Å². The number of halogens is 1. The summed E-state index contributed by atoms with van der Waals surface area (Å²) in [6.07, 6.45) is 7.59. The summed E-state index contributed by atoms with van der Waals surface area (Å²) in [5.74, 6) is 0.664. The highest BCUT2D eigenvalue weighted by Crippen LogP contribution is 2.43. The Morgan fingerprint density at radius 1 is 1.30 bits per heavy atom. The molecule has 2 fully saturated rings. The molecule has 3 aromatic rings. The van der Waals surface area contributed by atoms with Gasteiger partial charge in [0, 0.05) is 24.0 Å². The maximum atomic E-state index is 13.2. The molecule has 1 amide bonds. The van der Waals surface area contributed by atoms with Crippen LogP contribution in [0.1, 0.15) is 36.6 Å². The van der Waals surface area contributed by atoms with E-state index in [1.54, 1.807) is 17.5 Å². The summed E-state index contributed by atoms with van der Waals surface area (Å²) >= 11 is 1.75. The van der Waals surface area contributed by atoms with Crippen molar-refractivity contribution in [3.63, 3.8) is 0 Å². The molecule has 0 bridgehead atoms. The Morgan fingerprint density at radius 2 is 2.11 bits per heavy atom. The van der Waals surface area contributed by atoms with Crippen molar-refractivity contribution in [2.24, 2.45) is 0 Å². The van der Waals surface area contributed by atoms with E-state index < -0.39 is 5.54 Å². The molecule has 1 saturated heterocycles. The number of nitrogens with zero attached hydrogens (tertiary/aromatic N) is 3. The van der Waals surface area contributed by atoms with Gasteiger partial charge in [-0.15, -0.1) is 23.7 Å². The first-order valence-electron chi connectivity index (χ1n) is 9.17. The highest BCUT2D eigenvalue weighted by atomic mass is 35.5. The Kier molecular flexibility index (Phi) is 4.92. The number of anilines is 1. The van der Waals surface area contributed by atoms with E-state index in [9.17, 15) is 4.79 Å². The van der Waals surface area contributed by atoms with Crippen molar-refractivity contribution in [2.45, 2.75) is 37.1 Å². The molecule has 6 nitrogen and oxygen atoms in total. The number of hydrogen-bond donors (Lipinski definition) is 2. The number of piperidine rings is 1. The van der Waals surface area contributed by atoms with Crippen molar-refractivity contribution in [1.29, 1.82) is 0 Å². The number of rotatable bonds is 4. The number of hydrogen-bond acceptors (Lipinski definition) is 5. The molecule has 0 unspecified atom stereocenters. The number of aromatic nitrogens is 3. The first-order valence-corrected chi connectivity index (χ1v) is 9.99. The lowest BCUT2D eigenvalue weighted by molar-refractivity contribution is -0.126. The van der Waals surface area contributed by atoms with Crippen LogP contribution in [0.25, 0.3) is 10.2 Å². The van der Waals surface area contributed by atoms with Crippen molar-refractivity contribution in [3.05, 3.63) is 41.7 Å². The van der Waals surface area contributed by atoms with Gasteiger partial charge in [-0.3, -0.25) is 9.48 Å². The highest BCUT2D eigenvalue weighted by molar-refractivity contribution is 7.18. The fourth-order valence-electron chi connectivity index (χ4n) is 3.70. The van der Waals surface area contributed by atoms with E-state index in [4.69, 9.17) is 4.98 Å². The molecule has 1 aliphatic carbocycles. The maximum absolute atomic E-state index is 13.2. The summed E-state index contributed by atoms with van der Waals surface area (Å²) in [5, 5.41) is 12.1. The van der Waals surface area contributed by atoms with Gasteiger partial charge in [-0.25, -0.2) is 4.98 Å². The predicted molar refractivity (Wildman–Crippen MR) is 110 cm³/mol. The average molecular weight is 404 g/mol. The van der Waals surface area contributed by atoms with Crippen molar-refractivity contribution < 1.29 is 4.79 Å². The van der Waals surface area contributed by atoms with E-state index in [0.29, 0.717) is 5.92 Å². The van der Waals surface area contributed by atoms with Crippen molar-refractivity contribution in [1.82, 2.24) is 20.1 Å². The summed E-state index contributed by atoms with van der Waals surface area (Å²) in [7, 11) is 0. The number of carbonyl (C=O) groups is 1. The van der Waals surface area contributed by atoms with Gasteiger partial charge < -0.3 is 10.6 Å². The summed E-state index contributed by atoms with van der Waals surface area (Å²) in [6, 6.07) is 7.89. The zero-order valence-corrected chi connectivity index (χ0v) is 16.5. The van der Waals surface area contributed by atoms with Crippen molar-refractivity contribution >= 4 is 45.6 Å². The van der Waals surface area contributed by atoms with E-state index in [2.05, 4.69) is 21.8 Å². The minimum absolute atomic E-state index is 0. The normalized spacial score (nSPS) is 18.8. The van der Waals surface area contributed by atoms with Crippen molar-refractivity contribution in [2.75, 3.05) is 18.4 Å². The second-order valence-electron chi connectivity index (χ2n) is 7.20. The van der Waals surface area contributed by atoms with Gasteiger partial charge in [0.25, 0.3) is 5.91 Å². The van der Waals surface area contributed by atoms with Crippen LogP contribution in [-0.2, 0) is 10.3 Å². The third-order valence-electron chi connectivity index (χ3n) is 5.39. The Morgan fingerprint density at radius 3 is 2.81 bits per heavy atom. The third-order valence-corrected chi connectivity index (χ3v) is 6.57. The SMILES string of the molecule is Cl.O=C(Nc1ccc2nc(C3CC3)sc2c1)C1(n2cccn2)CCNCC1. The van der Waals surface area contributed by atoms with Crippen LogP contribution in [-0.4, -0.2) is 33.8 Å². The molecule has 2 N–H and O–H groups in total. The van der Waals surface area contributed by atoms with E-state index in [0.717, 1.165) is 41.8 Å². The van der Waals surface area contributed by atoms with Gasteiger partial charge in [-0.2, -0.15) is 5.10 Å². The predicted octanol–water partition coefficient (Wildman–Crippen LogP) is 3.51. The molecule has 2 aliphatic rings. The van der Waals surface area contributed by atoms with Crippen LogP contribution in [0, 0.1) is 0 Å². The molecule has 2 aromatic heterocycles. The first-order chi connectivity index (χ1) is 12.7. The molecule has 27 heavy (non-hydrogen) atoms. The van der Waals surface area contributed by atoms with Crippen LogP contribution in [0.2, 0.25) is 0 Å². The lowest BCUT2D eigenvalue weighted by atomic mass is 9.87. The van der Waals surface area contributed by atoms with Crippen LogP contribution in [0.4, 0.5) is 5.69 Å². The molecular formula is C19H22ClN5OS. The molecule has 142 valence electrons. The van der Waals surface area contributed by atoms with E-state index in [1.165, 1.54) is 17.8 Å². The lowest BCUT2D eigenvalue weighted by Gasteiger charge is -2.36. The summed E-state index contributed by atoms with van der Waals surface area (Å²) < 4.78 is 2.96. The summed E-state index contributed by atoms with van der Waals surface area (Å²) in [6.45, 7) is 1.62. The summed E-state index contributed by atoms with van der Waals surface area (Å²) in [4.78, 5) is 18.0. The number of carbonyl (C=O) groups excluding carboxylic acids is 1. The largest absolute Gasteiger partial charge is 0.324 e. The van der Waals surface area contributed by atoms with Crippen LogP contribution in [0.5, 0.6) is 0 Å². The Hall–Kier alpha value is -1.96. The molecule has 0 spiro atoms. The quantitative estimate of drug-likeness (QED) is 0.699. The van der Waals surface area contributed by atoms with Crippen LogP contribution in [0.15, 0.2) is 36.7 Å². The lowest BCUT2D eigenvalue weighted by Crippen LogP contribution is -2.52. The van der Waals surface area contributed by atoms with Gasteiger partial charge in [0.05, 0.1) is 15.2 Å². The summed E-state index contributed by atoms with van der Waals surface area (Å²) in [5.41, 5.74) is 1.23. The number of fused-ring (bicyclic) bond motifs is 1. The number of nitrogens with one attached hydrogen (secondary N) is 2. The zero-order valence-electron chi connectivity index (χ0n) is 14.9. The number of amides is 1. The fraction of sp³-hybridized carbons (Fsp3) is 0.421. The van der Waals surface area contributed by atoms with Gasteiger partial charge in [0.2, 0.25) is 0 Å². The Labute approximate surface area is 167 Å². The van der Waals surface area contributed by atoms with Crippen LogP contribution in [0.3, 0.4) is 0 Å². The number of benzene rings is 1. The molecule has 0 atom stereocenters. The molecule has 1 aliphatic heterocycles. The molecule has 0 radical (unpaired) electrons. The molecule has 1 aromatic carbocycles. The van der Waals surface area contributed by atoms with Gasteiger partial charge >= 0.3 is 0 Å².